The van der Waals surface area contributed by atoms with E-state index in [1.807, 2.05) is 6.92 Å². The quantitative estimate of drug-likeness (QED) is 0.745. The average Bonchev–Trinajstić information content (AvgIpc) is 3.37. The van der Waals surface area contributed by atoms with Crippen molar-refractivity contribution in [1.82, 2.24) is 5.32 Å². The summed E-state index contributed by atoms with van der Waals surface area (Å²) < 4.78 is 13.2. The Morgan fingerprint density at radius 1 is 1.23 bits per heavy atom. The van der Waals surface area contributed by atoms with E-state index in [0.29, 0.717) is 22.7 Å². The minimum Gasteiger partial charge on any atom is -0.387 e. The van der Waals surface area contributed by atoms with Gasteiger partial charge in [-0.25, -0.2) is 4.39 Å². The summed E-state index contributed by atoms with van der Waals surface area (Å²) in [6, 6.07) is 12.2. The van der Waals surface area contributed by atoms with Crippen molar-refractivity contribution >= 4 is 17.5 Å². The van der Waals surface area contributed by atoms with Crippen molar-refractivity contribution in [2.24, 2.45) is 11.8 Å². The molecule has 0 heterocycles. The van der Waals surface area contributed by atoms with E-state index in [9.17, 15) is 19.1 Å². The van der Waals surface area contributed by atoms with Crippen LogP contribution in [-0.4, -0.2) is 23.5 Å². The molecule has 0 saturated heterocycles. The summed E-state index contributed by atoms with van der Waals surface area (Å²) >= 11 is 0. The molecule has 3 atom stereocenters. The second-order valence-electron chi connectivity index (χ2n) is 6.67. The van der Waals surface area contributed by atoms with Crippen molar-refractivity contribution in [2.75, 3.05) is 11.9 Å². The van der Waals surface area contributed by atoms with E-state index in [1.54, 1.807) is 30.3 Å². The van der Waals surface area contributed by atoms with Crippen LogP contribution in [0.15, 0.2) is 48.5 Å². The highest BCUT2D eigenvalue weighted by Crippen LogP contribution is 2.38. The molecule has 0 radical (unpaired) electrons. The van der Waals surface area contributed by atoms with Crippen molar-refractivity contribution in [1.29, 1.82) is 0 Å². The van der Waals surface area contributed by atoms with Gasteiger partial charge in [0.2, 0.25) is 5.91 Å². The molecule has 0 aromatic heterocycles. The van der Waals surface area contributed by atoms with Crippen LogP contribution in [0.3, 0.4) is 0 Å². The van der Waals surface area contributed by atoms with Gasteiger partial charge in [0.15, 0.2) is 0 Å². The first-order valence-electron chi connectivity index (χ1n) is 8.56. The number of halogens is 1. The fourth-order valence-corrected chi connectivity index (χ4v) is 2.75. The van der Waals surface area contributed by atoms with Crippen molar-refractivity contribution < 1.29 is 19.1 Å². The van der Waals surface area contributed by atoms with E-state index in [-0.39, 0.29) is 24.3 Å². The third-order valence-corrected chi connectivity index (χ3v) is 4.55. The normalized spacial score (nSPS) is 19.5. The highest BCUT2D eigenvalue weighted by atomic mass is 19.1. The van der Waals surface area contributed by atoms with E-state index in [4.69, 9.17) is 0 Å². The third kappa shape index (κ3) is 4.46. The number of anilines is 1. The molecule has 0 spiro atoms. The lowest BCUT2D eigenvalue weighted by Crippen LogP contribution is -2.28. The summed E-state index contributed by atoms with van der Waals surface area (Å²) in [5.41, 5.74) is 1.46. The number of aliphatic hydroxyl groups is 1. The van der Waals surface area contributed by atoms with E-state index in [0.717, 1.165) is 6.42 Å². The largest absolute Gasteiger partial charge is 0.387 e. The Hall–Kier alpha value is -2.73. The highest BCUT2D eigenvalue weighted by molar-refractivity contribution is 5.97. The van der Waals surface area contributed by atoms with Crippen molar-refractivity contribution in [3.63, 3.8) is 0 Å². The van der Waals surface area contributed by atoms with Crippen LogP contribution in [0.25, 0.3) is 0 Å². The second kappa shape index (κ2) is 7.66. The van der Waals surface area contributed by atoms with Gasteiger partial charge in [-0.2, -0.15) is 0 Å². The van der Waals surface area contributed by atoms with Crippen LogP contribution in [0, 0.1) is 17.7 Å². The first-order chi connectivity index (χ1) is 12.4. The predicted octanol–water partition coefficient (Wildman–Crippen LogP) is 2.88. The second-order valence-corrected chi connectivity index (χ2v) is 6.67. The predicted molar refractivity (Wildman–Crippen MR) is 96.0 cm³/mol. The molecule has 2 amide bonds. The SMILES string of the molecule is CC1CC1C(=O)Nc1ccc(C(=O)NCC(O)c2cccc(F)c2)cc1. The maximum absolute atomic E-state index is 13.2. The maximum Gasteiger partial charge on any atom is 0.251 e. The lowest BCUT2D eigenvalue weighted by Gasteiger charge is -2.12. The number of carbonyl (C=O) groups excluding carboxylic acids is 2. The fraction of sp³-hybridized carbons (Fsp3) is 0.300. The summed E-state index contributed by atoms with van der Waals surface area (Å²) in [4.78, 5) is 24.1. The highest BCUT2D eigenvalue weighted by Gasteiger charge is 2.39. The first kappa shape index (κ1) is 18.1. The third-order valence-electron chi connectivity index (χ3n) is 4.55. The van der Waals surface area contributed by atoms with E-state index >= 15 is 0 Å². The molecular formula is C20H21FN2O3. The summed E-state index contributed by atoms with van der Waals surface area (Å²) in [6.45, 7) is 2.01. The molecule has 3 rings (SSSR count). The lowest BCUT2D eigenvalue weighted by atomic mass is 10.1. The number of hydrogen-bond acceptors (Lipinski definition) is 3. The zero-order valence-corrected chi connectivity index (χ0v) is 14.4. The van der Waals surface area contributed by atoms with Crippen LogP contribution in [0.2, 0.25) is 0 Å². The number of benzene rings is 2. The van der Waals surface area contributed by atoms with Crippen LogP contribution < -0.4 is 10.6 Å². The van der Waals surface area contributed by atoms with Gasteiger partial charge in [0, 0.05) is 23.7 Å². The number of aliphatic hydroxyl groups excluding tert-OH is 1. The number of amides is 2. The molecular weight excluding hydrogens is 335 g/mol. The van der Waals surface area contributed by atoms with Crippen LogP contribution in [0.4, 0.5) is 10.1 Å². The fourth-order valence-electron chi connectivity index (χ4n) is 2.75. The molecule has 1 saturated carbocycles. The molecule has 26 heavy (non-hydrogen) atoms. The summed E-state index contributed by atoms with van der Waals surface area (Å²) in [6.07, 6.45) is -0.0753. The van der Waals surface area contributed by atoms with Crippen molar-refractivity contribution in [3.05, 3.63) is 65.5 Å². The molecule has 1 aliphatic carbocycles. The molecule has 3 N–H and O–H groups in total. The van der Waals surface area contributed by atoms with Gasteiger partial charge in [0.05, 0.1) is 6.10 Å². The average molecular weight is 356 g/mol. The van der Waals surface area contributed by atoms with Gasteiger partial charge < -0.3 is 15.7 Å². The van der Waals surface area contributed by atoms with Gasteiger partial charge in [0.25, 0.3) is 5.91 Å². The zero-order valence-electron chi connectivity index (χ0n) is 14.4. The Morgan fingerprint density at radius 2 is 1.92 bits per heavy atom. The summed E-state index contributed by atoms with van der Waals surface area (Å²) in [5, 5.41) is 15.5. The van der Waals surface area contributed by atoms with E-state index in [1.165, 1.54) is 18.2 Å². The monoisotopic (exact) mass is 356 g/mol. The summed E-state index contributed by atoms with van der Waals surface area (Å²) in [5.74, 6) is -0.264. The van der Waals surface area contributed by atoms with E-state index in [2.05, 4.69) is 10.6 Å². The Bertz CT molecular complexity index is 807. The number of carbonyl (C=O) groups is 2. The smallest absolute Gasteiger partial charge is 0.251 e. The molecule has 1 aliphatic rings. The Kier molecular flexibility index (Phi) is 5.32. The molecule has 0 bridgehead atoms. The van der Waals surface area contributed by atoms with Crippen LogP contribution in [-0.2, 0) is 4.79 Å². The van der Waals surface area contributed by atoms with Gasteiger partial charge >= 0.3 is 0 Å². The van der Waals surface area contributed by atoms with Crippen molar-refractivity contribution in [2.45, 2.75) is 19.4 Å². The van der Waals surface area contributed by atoms with Gasteiger partial charge in [0.1, 0.15) is 5.82 Å². The number of rotatable bonds is 6. The van der Waals surface area contributed by atoms with Crippen LogP contribution >= 0.6 is 0 Å². The molecule has 3 unspecified atom stereocenters. The Balaban J connectivity index is 1.52. The van der Waals surface area contributed by atoms with Gasteiger partial charge in [-0.1, -0.05) is 19.1 Å². The molecule has 136 valence electrons. The number of hydrogen-bond donors (Lipinski definition) is 3. The minimum atomic E-state index is -0.992. The van der Waals surface area contributed by atoms with E-state index < -0.39 is 11.9 Å². The molecule has 1 fully saturated rings. The van der Waals surface area contributed by atoms with Crippen LogP contribution in [0.5, 0.6) is 0 Å². The Labute approximate surface area is 151 Å². The maximum atomic E-state index is 13.2. The Morgan fingerprint density at radius 3 is 2.54 bits per heavy atom. The first-order valence-corrected chi connectivity index (χ1v) is 8.56. The van der Waals surface area contributed by atoms with Gasteiger partial charge in [-0.05, 0) is 54.3 Å². The van der Waals surface area contributed by atoms with Gasteiger partial charge in [-0.15, -0.1) is 0 Å². The standard InChI is InChI=1S/C20H21FN2O3/c1-12-9-17(12)20(26)23-16-7-5-13(6-8-16)19(25)22-11-18(24)14-3-2-4-15(21)10-14/h2-8,10,12,17-18,24H,9,11H2,1H3,(H,22,25)(H,23,26). The summed E-state index contributed by atoms with van der Waals surface area (Å²) in [7, 11) is 0. The lowest BCUT2D eigenvalue weighted by molar-refractivity contribution is -0.117. The molecule has 0 aliphatic heterocycles. The topological polar surface area (TPSA) is 78.4 Å². The molecule has 5 nitrogen and oxygen atoms in total. The number of nitrogens with one attached hydrogen (secondary N) is 2. The van der Waals surface area contributed by atoms with Gasteiger partial charge in [-0.3, -0.25) is 9.59 Å². The zero-order chi connectivity index (χ0) is 18.7. The van der Waals surface area contributed by atoms with Crippen molar-refractivity contribution in [3.8, 4) is 0 Å². The minimum absolute atomic E-state index is 0.00733. The van der Waals surface area contributed by atoms with Crippen LogP contribution in [0.1, 0.15) is 35.4 Å². The molecule has 2 aromatic rings. The molecule has 2 aromatic carbocycles. The molecule has 6 heteroatoms.